The van der Waals surface area contributed by atoms with E-state index in [0.717, 1.165) is 0 Å². The Morgan fingerprint density at radius 2 is 2.23 bits per heavy atom. The molecule has 6 heteroatoms. The van der Waals surface area contributed by atoms with E-state index in [-0.39, 0.29) is 13.2 Å². The number of hydrogen-bond donors (Lipinski definition) is 2. The van der Waals surface area contributed by atoms with Crippen molar-refractivity contribution in [2.75, 3.05) is 19.5 Å². The molecular formula is C7H12O5S. The van der Waals surface area contributed by atoms with Gasteiger partial charge in [-0.1, -0.05) is 0 Å². The minimum absolute atomic E-state index is 0.0392. The maximum absolute atomic E-state index is 11.2. The van der Waals surface area contributed by atoms with Crippen LogP contribution in [0.3, 0.4) is 0 Å². The number of aliphatic hydroxyl groups excluding tert-OH is 1. The summed E-state index contributed by atoms with van der Waals surface area (Å²) < 4.78 is 21.5. The van der Waals surface area contributed by atoms with E-state index in [0.29, 0.717) is 0 Å². The summed E-state index contributed by atoms with van der Waals surface area (Å²) >= 11 is 0. The first-order chi connectivity index (χ1) is 6.05. The lowest BCUT2D eigenvalue weighted by molar-refractivity contribution is -0.0163. The standard InChI is InChI=1S/C7H12O5S/c1-13(10)7(9)3-12-5-4(8)2-11-6(5)7/h4-6,8-9H,2-3H2,1H3/t4-,5-,6+,7-,13+/m1/s1. The fourth-order valence-corrected chi connectivity index (χ4v) is 2.49. The van der Waals surface area contributed by atoms with Crippen LogP contribution in [-0.4, -0.2) is 57.1 Å². The van der Waals surface area contributed by atoms with Gasteiger partial charge in [0, 0.05) is 6.26 Å². The summed E-state index contributed by atoms with van der Waals surface area (Å²) in [6.45, 7) is 0.0946. The van der Waals surface area contributed by atoms with Gasteiger partial charge in [-0.2, -0.15) is 0 Å². The molecule has 2 rings (SSSR count). The van der Waals surface area contributed by atoms with Crippen molar-refractivity contribution in [3.05, 3.63) is 0 Å². The third-order valence-corrected chi connectivity index (χ3v) is 3.89. The topological polar surface area (TPSA) is 76.0 Å². The number of fused-ring (bicyclic) bond motifs is 1. The lowest BCUT2D eigenvalue weighted by Crippen LogP contribution is -2.46. The number of rotatable bonds is 1. The zero-order valence-electron chi connectivity index (χ0n) is 7.17. The van der Waals surface area contributed by atoms with Crippen molar-refractivity contribution >= 4 is 10.8 Å². The van der Waals surface area contributed by atoms with Gasteiger partial charge < -0.3 is 19.7 Å². The molecule has 2 aliphatic heterocycles. The zero-order valence-corrected chi connectivity index (χ0v) is 7.99. The molecule has 0 unspecified atom stereocenters. The van der Waals surface area contributed by atoms with Crippen molar-refractivity contribution in [1.29, 1.82) is 0 Å². The van der Waals surface area contributed by atoms with Crippen LogP contribution in [0.2, 0.25) is 0 Å². The minimum Gasteiger partial charge on any atom is -0.388 e. The fraction of sp³-hybridized carbons (Fsp3) is 1.00. The van der Waals surface area contributed by atoms with Crippen molar-refractivity contribution in [3.8, 4) is 0 Å². The Labute approximate surface area is 78.1 Å². The highest BCUT2D eigenvalue weighted by Crippen LogP contribution is 2.35. The van der Waals surface area contributed by atoms with E-state index in [2.05, 4.69) is 0 Å². The van der Waals surface area contributed by atoms with Gasteiger partial charge in [0.25, 0.3) is 0 Å². The highest BCUT2D eigenvalue weighted by molar-refractivity contribution is 7.85. The predicted octanol–water partition coefficient (Wildman–Crippen LogP) is -1.79. The van der Waals surface area contributed by atoms with E-state index in [1.54, 1.807) is 0 Å². The summed E-state index contributed by atoms with van der Waals surface area (Å²) in [5.74, 6) is 0. The van der Waals surface area contributed by atoms with Gasteiger partial charge in [0.1, 0.15) is 18.3 Å². The van der Waals surface area contributed by atoms with Crippen LogP contribution < -0.4 is 0 Å². The predicted molar refractivity (Wildman–Crippen MR) is 44.5 cm³/mol. The number of ether oxygens (including phenoxy) is 2. The van der Waals surface area contributed by atoms with Crippen molar-refractivity contribution in [3.63, 3.8) is 0 Å². The summed E-state index contributed by atoms with van der Waals surface area (Å²) in [6, 6.07) is 0. The van der Waals surface area contributed by atoms with Crippen molar-refractivity contribution in [2.24, 2.45) is 0 Å². The average molecular weight is 208 g/mol. The van der Waals surface area contributed by atoms with E-state index in [4.69, 9.17) is 9.47 Å². The van der Waals surface area contributed by atoms with Crippen LogP contribution >= 0.6 is 0 Å². The molecule has 0 saturated carbocycles. The Kier molecular flexibility index (Phi) is 2.20. The quantitative estimate of drug-likeness (QED) is 0.532. The molecule has 0 aromatic heterocycles. The molecule has 0 aliphatic carbocycles. The Morgan fingerprint density at radius 1 is 1.54 bits per heavy atom. The van der Waals surface area contributed by atoms with E-state index >= 15 is 0 Å². The number of aliphatic hydroxyl groups is 2. The van der Waals surface area contributed by atoms with Crippen molar-refractivity contribution in [2.45, 2.75) is 23.2 Å². The number of hydrogen-bond acceptors (Lipinski definition) is 5. The van der Waals surface area contributed by atoms with Crippen molar-refractivity contribution in [1.82, 2.24) is 0 Å². The third kappa shape index (κ3) is 1.25. The molecule has 5 nitrogen and oxygen atoms in total. The Bertz CT molecular complexity index is 245. The minimum atomic E-state index is -1.46. The Hall–Kier alpha value is -0.0100. The second kappa shape index (κ2) is 2.99. The van der Waals surface area contributed by atoms with Crippen LogP contribution in [0.4, 0.5) is 0 Å². The lowest BCUT2D eigenvalue weighted by Gasteiger charge is -2.23. The van der Waals surface area contributed by atoms with E-state index in [9.17, 15) is 14.4 Å². The van der Waals surface area contributed by atoms with Gasteiger partial charge in [0.2, 0.25) is 0 Å². The highest BCUT2D eigenvalue weighted by Gasteiger charge is 2.58. The molecule has 0 bridgehead atoms. The van der Waals surface area contributed by atoms with E-state index < -0.39 is 34.0 Å². The van der Waals surface area contributed by atoms with Gasteiger partial charge in [0.15, 0.2) is 4.93 Å². The summed E-state index contributed by atoms with van der Waals surface area (Å²) in [5, 5.41) is 19.2. The van der Waals surface area contributed by atoms with E-state index in [1.165, 1.54) is 6.26 Å². The molecular weight excluding hydrogens is 196 g/mol. The largest absolute Gasteiger partial charge is 0.388 e. The highest BCUT2D eigenvalue weighted by atomic mass is 32.2. The average Bonchev–Trinajstić information content (AvgIpc) is 2.57. The van der Waals surface area contributed by atoms with Gasteiger partial charge in [-0.3, -0.25) is 4.21 Å². The second-order valence-corrected chi connectivity index (χ2v) is 5.01. The van der Waals surface area contributed by atoms with Gasteiger partial charge in [-0.15, -0.1) is 0 Å². The van der Waals surface area contributed by atoms with Crippen LogP contribution in [0.1, 0.15) is 0 Å². The van der Waals surface area contributed by atoms with Crippen LogP contribution in [0.25, 0.3) is 0 Å². The third-order valence-electron chi connectivity index (χ3n) is 2.55. The van der Waals surface area contributed by atoms with Crippen LogP contribution in [0, 0.1) is 0 Å². The molecule has 2 saturated heterocycles. The summed E-state index contributed by atoms with van der Waals surface area (Å²) in [5.41, 5.74) is 0. The molecule has 5 atom stereocenters. The molecule has 0 aromatic rings. The molecule has 2 heterocycles. The first kappa shape index (κ1) is 9.54. The molecule has 0 amide bonds. The molecule has 2 N–H and O–H groups in total. The summed E-state index contributed by atoms with van der Waals surface area (Å²) in [6.07, 6.45) is -0.510. The Morgan fingerprint density at radius 3 is 2.85 bits per heavy atom. The molecule has 0 aromatic carbocycles. The SMILES string of the molecule is C[S@](=O)[C@]1(O)CO[C@@H]2[C@H](O)CO[C@@H]21. The first-order valence-corrected chi connectivity index (χ1v) is 5.58. The van der Waals surface area contributed by atoms with Crippen LogP contribution in [0.15, 0.2) is 0 Å². The fourth-order valence-electron chi connectivity index (χ4n) is 1.72. The summed E-state index contributed by atoms with van der Waals surface area (Å²) in [4.78, 5) is -1.46. The normalized spacial score (nSPS) is 52.1. The molecule has 0 radical (unpaired) electrons. The maximum atomic E-state index is 11.2. The van der Waals surface area contributed by atoms with Crippen LogP contribution in [0.5, 0.6) is 0 Å². The van der Waals surface area contributed by atoms with Gasteiger partial charge in [0.05, 0.1) is 24.0 Å². The second-order valence-electron chi connectivity index (χ2n) is 3.40. The van der Waals surface area contributed by atoms with Crippen LogP contribution in [-0.2, 0) is 20.3 Å². The zero-order chi connectivity index (χ0) is 9.64. The molecule has 0 spiro atoms. The van der Waals surface area contributed by atoms with Gasteiger partial charge in [-0.05, 0) is 0 Å². The van der Waals surface area contributed by atoms with Crippen molar-refractivity contribution < 1.29 is 23.9 Å². The molecule has 2 aliphatic rings. The summed E-state index contributed by atoms with van der Waals surface area (Å²) in [7, 11) is -1.44. The Balaban J connectivity index is 2.23. The van der Waals surface area contributed by atoms with E-state index in [1.807, 2.05) is 0 Å². The molecule has 13 heavy (non-hydrogen) atoms. The maximum Gasteiger partial charge on any atom is 0.191 e. The first-order valence-electron chi connectivity index (χ1n) is 4.03. The molecule has 2 fully saturated rings. The van der Waals surface area contributed by atoms with Gasteiger partial charge >= 0.3 is 0 Å². The molecule has 76 valence electrons. The monoisotopic (exact) mass is 208 g/mol. The smallest absolute Gasteiger partial charge is 0.191 e. The van der Waals surface area contributed by atoms with Gasteiger partial charge in [-0.25, -0.2) is 0 Å². The lowest BCUT2D eigenvalue weighted by atomic mass is 10.1.